The van der Waals surface area contributed by atoms with Gasteiger partial charge in [0.05, 0.1) is 11.1 Å². The van der Waals surface area contributed by atoms with Crippen LogP contribution in [0.15, 0.2) is 53.7 Å². The summed E-state index contributed by atoms with van der Waals surface area (Å²) in [5.74, 6) is -0.550. The Morgan fingerprint density at radius 2 is 2.00 bits per heavy atom. The number of benzene rings is 2. The summed E-state index contributed by atoms with van der Waals surface area (Å²) in [4.78, 5) is 38.1. The summed E-state index contributed by atoms with van der Waals surface area (Å²) in [6, 6.07) is 12.4. The number of anilines is 1. The van der Waals surface area contributed by atoms with Gasteiger partial charge in [-0.15, -0.1) is 0 Å². The quantitative estimate of drug-likeness (QED) is 0.360. The van der Waals surface area contributed by atoms with Crippen molar-refractivity contribution in [3.63, 3.8) is 0 Å². The molecule has 2 rings (SSSR count). The monoisotopic (exact) mass is 341 g/mol. The molecule has 0 aliphatic rings. The molecule has 0 fully saturated rings. The summed E-state index contributed by atoms with van der Waals surface area (Å²) in [6.07, 6.45) is 1.27. The van der Waals surface area contributed by atoms with Crippen LogP contribution in [0.4, 0.5) is 11.4 Å². The van der Waals surface area contributed by atoms with Crippen molar-refractivity contribution in [1.29, 1.82) is 0 Å². The predicted octanol–water partition coefficient (Wildman–Crippen LogP) is 2.79. The molecule has 0 bridgehead atoms. The number of nitrogens with zero attached hydrogens (tertiary/aromatic N) is 2. The van der Waals surface area contributed by atoms with Crippen LogP contribution in [0.1, 0.15) is 22.8 Å². The van der Waals surface area contributed by atoms with Crippen LogP contribution in [0.25, 0.3) is 0 Å². The number of hydrogen-bond donors (Lipinski definition) is 1. The molecule has 0 radical (unpaired) electrons. The molecule has 0 unspecified atom stereocenters. The number of nitro benzene ring substituents is 1. The first-order valence-corrected chi connectivity index (χ1v) is 7.26. The van der Waals surface area contributed by atoms with E-state index in [2.05, 4.69) is 10.5 Å². The smallest absolute Gasteiger partial charge is 0.270 e. The lowest BCUT2D eigenvalue weighted by atomic mass is 10.1. The van der Waals surface area contributed by atoms with E-state index in [1.54, 1.807) is 30.3 Å². The zero-order chi connectivity index (χ0) is 18.2. The Balaban J connectivity index is 1.86. The van der Waals surface area contributed by atoms with E-state index in [-0.39, 0.29) is 18.1 Å². The van der Waals surface area contributed by atoms with E-state index in [0.29, 0.717) is 16.8 Å². The minimum atomic E-state index is -0.513. The van der Waals surface area contributed by atoms with Crippen LogP contribution < -0.4 is 5.32 Å². The van der Waals surface area contributed by atoms with Crippen LogP contribution in [0.2, 0.25) is 0 Å². The normalized spacial score (nSPS) is 10.4. The first-order chi connectivity index (χ1) is 12.0. The first-order valence-electron chi connectivity index (χ1n) is 7.26. The molecule has 0 aliphatic heterocycles. The topological polar surface area (TPSA) is 111 Å². The van der Waals surface area contributed by atoms with E-state index < -0.39 is 10.8 Å². The number of ketones is 1. The average Bonchev–Trinajstić information content (AvgIpc) is 2.59. The third-order valence-electron chi connectivity index (χ3n) is 3.11. The fourth-order valence-electron chi connectivity index (χ4n) is 1.93. The molecule has 128 valence electrons. The van der Waals surface area contributed by atoms with Crippen LogP contribution in [0.5, 0.6) is 0 Å². The third-order valence-corrected chi connectivity index (χ3v) is 3.11. The Bertz CT molecular complexity index is 833. The van der Waals surface area contributed by atoms with Gasteiger partial charge in [0.1, 0.15) is 0 Å². The van der Waals surface area contributed by atoms with Gasteiger partial charge in [-0.3, -0.25) is 19.7 Å². The van der Waals surface area contributed by atoms with Gasteiger partial charge in [-0.25, -0.2) is 0 Å². The van der Waals surface area contributed by atoms with Crippen molar-refractivity contribution in [2.24, 2.45) is 5.16 Å². The molecule has 1 N–H and O–H groups in total. The number of hydrogen-bond acceptors (Lipinski definition) is 6. The largest absolute Gasteiger partial charge is 0.386 e. The number of Topliss-reactive ketones (excluding diaryl/α,β-unsaturated/α-hetero) is 1. The molecular weight excluding hydrogens is 326 g/mol. The van der Waals surface area contributed by atoms with E-state index in [4.69, 9.17) is 4.84 Å². The maximum absolute atomic E-state index is 11.8. The molecule has 8 heteroatoms. The van der Waals surface area contributed by atoms with Crippen molar-refractivity contribution >= 4 is 29.3 Å². The lowest BCUT2D eigenvalue weighted by Gasteiger charge is -2.05. The first kappa shape index (κ1) is 17.8. The van der Waals surface area contributed by atoms with E-state index in [1.807, 2.05) is 0 Å². The highest BCUT2D eigenvalue weighted by Gasteiger charge is 2.06. The summed E-state index contributed by atoms with van der Waals surface area (Å²) in [5, 5.41) is 16.9. The predicted molar refractivity (Wildman–Crippen MR) is 91.7 cm³/mol. The Morgan fingerprint density at radius 3 is 2.72 bits per heavy atom. The number of oxime groups is 1. The Morgan fingerprint density at radius 1 is 1.24 bits per heavy atom. The van der Waals surface area contributed by atoms with Crippen molar-refractivity contribution in [1.82, 2.24) is 0 Å². The lowest BCUT2D eigenvalue weighted by molar-refractivity contribution is -0.384. The van der Waals surface area contributed by atoms with Gasteiger partial charge in [0.2, 0.25) is 0 Å². The van der Waals surface area contributed by atoms with Gasteiger partial charge < -0.3 is 10.2 Å². The van der Waals surface area contributed by atoms with Crippen LogP contribution in [-0.4, -0.2) is 29.4 Å². The highest BCUT2D eigenvalue weighted by molar-refractivity contribution is 5.97. The molecule has 0 saturated carbocycles. The number of rotatable bonds is 7. The van der Waals surface area contributed by atoms with Gasteiger partial charge in [0.15, 0.2) is 12.4 Å². The highest BCUT2D eigenvalue weighted by Crippen LogP contribution is 2.12. The van der Waals surface area contributed by atoms with Crippen molar-refractivity contribution in [2.45, 2.75) is 6.92 Å². The number of nitro groups is 1. The minimum absolute atomic E-state index is 0.0629. The highest BCUT2D eigenvalue weighted by atomic mass is 16.6. The molecule has 2 aromatic carbocycles. The van der Waals surface area contributed by atoms with Crippen molar-refractivity contribution < 1.29 is 19.3 Å². The minimum Gasteiger partial charge on any atom is -0.386 e. The maximum Gasteiger partial charge on any atom is 0.270 e. The SMILES string of the molecule is CC(=O)c1cccc(NC(=O)CO/N=C/c2cccc([N+](=O)[O-])c2)c1. The Labute approximate surface area is 143 Å². The number of nitrogens with one attached hydrogen (secondary N) is 1. The molecule has 0 saturated heterocycles. The number of carbonyl (C=O) groups is 2. The molecule has 0 spiro atoms. The molecule has 1 amide bonds. The lowest BCUT2D eigenvalue weighted by Crippen LogP contribution is -2.17. The Kier molecular flexibility index (Phi) is 5.94. The second kappa shape index (κ2) is 8.34. The summed E-state index contributed by atoms with van der Waals surface area (Å²) >= 11 is 0. The summed E-state index contributed by atoms with van der Waals surface area (Å²) in [6.45, 7) is 1.10. The van der Waals surface area contributed by atoms with E-state index in [1.165, 1.54) is 31.3 Å². The van der Waals surface area contributed by atoms with Crippen molar-refractivity contribution in [3.05, 3.63) is 69.8 Å². The van der Waals surface area contributed by atoms with Crippen LogP contribution >= 0.6 is 0 Å². The maximum atomic E-state index is 11.8. The van der Waals surface area contributed by atoms with Gasteiger partial charge in [-0.05, 0) is 19.1 Å². The van der Waals surface area contributed by atoms with Crippen LogP contribution in [0.3, 0.4) is 0 Å². The second-order valence-electron chi connectivity index (χ2n) is 5.05. The van der Waals surface area contributed by atoms with Gasteiger partial charge in [0, 0.05) is 28.9 Å². The number of non-ortho nitro benzene ring substituents is 1. The van der Waals surface area contributed by atoms with Crippen LogP contribution in [0, 0.1) is 10.1 Å². The molecule has 2 aromatic rings. The summed E-state index contributed by atoms with van der Waals surface area (Å²) in [5.41, 5.74) is 1.38. The van der Waals surface area contributed by atoms with Gasteiger partial charge in [-0.2, -0.15) is 0 Å². The van der Waals surface area contributed by atoms with Crippen molar-refractivity contribution in [2.75, 3.05) is 11.9 Å². The summed E-state index contributed by atoms with van der Waals surface area (Å²) < 4.78 is 0. The molecule has 0 aliphatic carbocycles. The number of carbonyl (C=O) groups excluding carboxylic acids is 2. The molecule has 0 heterocycles. The molecule has 0 aromatic heterocycles. The molecule has 8 nitrogen and oxygen atoms in total. The number of amides is 1. The van der Waals surface area contributed by atoms with Gasteiger partial charge in [-0.1, -0.05) is 29.4 Å². The Hall–Kier alpha value is -3.55. The standard InChI is InChI=1S/C17H15N3O5/c1-12(21)14-5-3-6-15(9-14)19-17(22)11-25-18-10-13-4-2-7-16(8-13)20(23)24/h2-10H,11H2,1H3,(H,19,22)/b18-10+. The van der Waals surface area contributed by atoms with E-state index >= 15 is 0 Å². The average molecular weight is 341 g/mol. The zero-order valence-corrected chi connectivity index (χ0v) is 13.3. The van der Waals surface area contributed by atoms with E-state index in [9.17, 15) is 19.7 Å². The van der Waals surface area contributed by atoms with Gasteiger partial charge >= 0.3 is 0 Å². The van der Waals surface area contributed by atoms with Crippen molar-refractivity contribution in [3.8, 4) is 0 Å². The molecule has 0 atom stereocenters. The molecular formula is C17H15N3O5. The zero-order valence-electron chi connectivity index (χ0n) is 13.3. The third kappa shape index (κ3) is 5.54. The molecule has 25 heavy (non-hydrogen) atoms. The summed E-state index contributed by atoms with van der Waals surface area (Å²) in [7, 11) is 0. The van der Waals surface area contributed by atoms with Gasteiger partial charge in [0.25, 0.3) is 11.6 Å². The fourth-order valence-corrected chi connectivity index (χ4v) is 1.93. The van der Waals surface area contributed by atoms with Crippen LogP contribution in [-0.2, 0) is 9.63 Å². The fraction of sp³-hybridized carbons (Fsp3) is 0.118. The van der Waals surface area contributed by atoms with E-state index in [0.717, 1.165) is 0 Å². The second-order valence-corrected chi connectivity index (χ2v) is 5.05.